The lowest BCUT2D eigenvalue weighted by Crippen LogP contribution is -2.09. The fourth-order valence-electron chi connectivity index (χ4n) is 1.82. The van der Waals surface area contributed by atoms with Crippen LogP contribution in [0, 0.1) is 10.1 Å². The fourth-order valence-corrected chi connectivity index (χ4v) is 2.11. The van der Waals surface area contributed by atoms with Gasteiger partial charge in [0.2, 0.25) is 0 Å². The first-order chi connectivity index (χ1) is 9.99. The third kappa shape index (κ3) is 3.58. The predicted octanol–water partition coefficient (Wildman–Crippen LogP) is 4.17. The summed E-state index contributed by atoms with van der Waals surface area (Å²) in [5.41, 5.74) is 0.875. The Bertz CT molecular complexity index is 670. The number of non-ortho nitro benzene ring substituents is 1. The first-order valence-corrected chi connectivity index (χ1v) is 6.56. The molecule has 2 rings (SSSR count). The maximum Gasteiger partial charge on any atom is 0.338 e. The summed E-state index contributed by atoms with van der Waals surface area (Å²) in [6.07, 6.45) is -0.513. The summed E-state index contributed by atoms with van der Waals surface area (Å²) >= 11 is 6.04. The lowest BCUT2D eigenvalue weighted by molar-refractivity contribution is -0.384. The maximum atomic E-state index is 12.0. The van der Waals surface area contributed by atoms with E-state index in [-0.39, 0.29) is 11.3 Å². The quantitative estimate of drug-likeness (QED) is 0.483. The van der Waals surface area contributed by atoms with Gasteiger partial charge in [-0.25, -0.2) is 4.79 Å². The molecule has 0 heterocycles. The Labute approximate surface area is 126 Å². The van der Waals surface area contributed by atoms with Crippen molar-refractivity contribution in [2.45, 2.75) is 13.0 Å². The molecule has 2 aromatic rings. The standard InChI is InChI=1S/C15H12ClNO4/c1-10(13-4-2-3-5-14(13)16)21-15(18)11-6-8-12(9-7-11)17(19)20/h2-10H,1H3. The monoisotopic (exact) mass is 305 g/mol. The summed E-state index contributed by atoms with van der Waals surface area (Å²) in [6.45, 7) is 1.71. The second-order valence-electron chi connectivity index (χ2n) is 4.37. The van der Waals surface area contributed by atoms with Crippen LogP contribution in [0.3, 0.4) is 0 Å². The van der Waals surface area contributed by atoms with E-state index < -0.39 is 17.0 Å². The van der Waals surface area contributed by atoms with E-state index in [9.17, 15) is 14.9 Å². The Morgan fingerprint density at radius 3 is 2.38 bits per heavy atom. The highest BCUT2D eigenvalue weighted by atomic mass is 35.5. The minimum absolute atomic E-state index is 0.0781. The molecule has 0 saturated heterocycles. The van der Waals surface area contributed by atoms with Crippen LogP contribution in [-0.4, -0.2) is 10.9 Å². The number of hydrogen-bond acceptors (Lipinski definition) is 4. The summed E-state index contributed by atoms with van der Waals surface area (Å²) in [6, 6.07) is 12.3. The van der Waals surface area contributed by atoms with Gasteiger partial charge in [0.05, 0.1) is 10.5 Å². The van der Waals surface area contributed by atoms with Crippen molar-refractivity contribution in [2.75, 3.05) is 0 Å². The van der Waals surface area contributed by atoms with Crippen LogP contribution in [-0.2, 0) is 4.74 Å². The lowest BCUT2D eigenvalue weighted by Gasteiger charge is -2.14. The topological polar surface area (TPSA) is 69.4 Å². The van der Waals surface area contributed by atoms with Crippen LogP contribution in [0.5, 0.6) is 0 Å². The number of hydrogen-bond donors (Lipinski definition) is 0. The van der Waals surface area contributed by atoms with Gasteiger partial charge < -0.3 is 4.74 Å². The smallest absolute Gasteiger partial charge is 0.338 e. The molecule has 6 heteroatoms. The third-order valence-corrected chi connectivity index (χ3v) is 3.29. The molecule has 0 aromatic heterocycles. The minimum atomic E-state index is -0.558. The minimum Gasteiger partial charge on any atom is -0.454 e. The van der Waals surface area contributed by atoms with E-state index in [0.717, 1.165) is 0 Å². The molecule has 0 N–H and O–H groups in total. The van der Waals surface area contributed by atoms with Crippen LogP contribution in [0.1, 0.15) is 28.9 Å². The van der Waals surface area contributed by atoms with Crippen LogP contribution in [0.15, 0.2) is 48.5 Å². The van der Waals surface area contributed by atoms with Gasteiger partial charge in [0.15, 0.2) is 0 Å². The zero-order valence-electron chi connectivity index (χ0n) is 11.2. The fraction of sp³-hybridized carbons (Fsp3) is 0.133. The van der Waals surface area contributed by atoms with Crippen molar-refractivity contribution in [3.63, 3.8) is 0 Å². The van der Waals surface area contributed by atoms with E-state index in [1.807, 2.05) is 0 Å². The number of nitrogens with zero attached hydrogens (tertiary/aromatic N) is 1. The Hall–Kier alpha value is -2.40. The average molecular weight is 306 g/mol. The van der Waals surface area contributed by atoms with E-state index in [0.29, 0.717) is 10.6 Å². The number of esters is 1. The van der Waals surface area contributed by atoms with Gasteiger partial charge in [0, 0.05) is 22.7 Å². The SMILES string of the molecule is CC(OC(=O)c1ccc([N+](=O)[O-])cc1)c1ccccc1Cl. The number of nitro groups is 1. The van der Waals surface area contributed by atoms with Gasteiger partial charge in [-0.1, -0.05) is 29.8 Å². The number of halogens is 1. The van der Waals surface area contributed by atoms with Gasteiger partial charge in [-0.2, -0.15) is 0 Å². The van der Waals surface area contributed by atoms with Gasteiger partial charge in [-0.15, -0.1) is 0 Å². The second kappa shape index (κ2) is 6.37. The van der Waals surface area contributed by atoms with E-state index in [2.05, 4.69) is 0 Å². The molecule has 1 unspecified atom stereocenters. The molecular weight excluding hydrogens is 294 g/mol. The average Bonchev–Trinajstić information content (AvgIpc) is 2.47. The third-order valence-electron chi connectivity index (χ3n) is 2.94. The second-order valence-corrected chi connectivity index (χ2v) is 4.78. The molecular formula is C15H12ClNO4. The Morgan fingerprint density at radius 1 is 1.19 bits per heavy atom. The van der Waals surface area contributed by atoms with E-state index in [1.165, 1.54) is 24.3 Å². The molecule has 0 spiro atoms. The van der Waals surface area contributed by atoms with E-state index in [4.69, 9.17) is 16.3 Å². The van der Waals surface area contributed by atoms with E-state index >= 15 is 0 Å². The summed E-state index contributed by atoms with van der Waals surface area (Å²) in [5.74, 6) is -0.558. The van der Waals surface area contributed by atoms with Gasteiger partial charge in [-0.05, 0) is 25.1 Å². The predicted molar refractivity (Wildman–Crippen MR) is 78.4 cm³/mol. The summed E-state index contributed by atoms with van der Waals surface area (Å²) in [7, 11) is 0. The molecule has 1 atom stereocenters. The normalized spacial score (nSPS) is 11.7. The molecule has 21 heavy (non-hydrogen) atoms. The van der Waals surface area contributed by atoms with Crippen molar-refractivity contribution in [3.05, 3.63) is 74.8 Å². The number of nitro benzene ring substituents is 1. The van der Waals surface area contributed by atoms with Crippen LogP contribution in [0.25, 0.3) is 0 Å². The van der Waals surface area contributed by atoms with Crippen molar-refractivity contribution in [1.29, 1.82) is 0 Å². The molecule has 108 valence electrons. The van der Waals surface area contributed by atoms with Crippen molar-refractivity contribution in [3.8, 4) is 0 Å². The number of ether oxygens (including phenoxy) is 1. The zero-order chi connectivity index (χ0) is 15.4. The number of carbonyl (C=O) groups is 1. The highest BCUT2D eigenvalue weighted by Crippen LogP contribution is 2.26. The number of rotatable bonds is 4. The summed E-state index contributed by atoms with van der Waals surface area (Å²) in [5, 5.41) is 11.1. The number of benzene rings is 2. The van der Waals surface area contributed by atoms with Gasteiger partial charge in [0.1, 0.15) is 6.10 Å². The molecule has 0 fully saturated rings. The zero-order valence-corrected chi connectivity index (χ0v) is 11.9. The first-order valence-electron chi connectivity index (χ1n) is 6.19. The van der Waals surface area contributed by atoms with E-state index in [1.54, 1.807) is 31.2 Å². The highest BCUT2D eigenvalue weighted by molar-refractivity contribution is 6.31. The van der Waals surface area contributed by atoms with Crippen molar-refractivity contribution in [2.24, 2.45) is 0 Å². The van der Waals surface area contributed by atoms with Crippen LogP contribution >= 0.6 is 11.6 Å². The van der Waals surface area contributed by atoms with Crippen LogP contribution < -0.4 is 0 Å². The molecule has 0 amide bonds. The molecule has 0 radical (unpaired) electrons. The number of carbonyl (C=O) groups excluding carboxylic acids is 1. The molecule has 0 aliphatic rings. The molecule has 2 aromatic carbocycles. The Kier molecular flexibility index (Phi) is 4.55. The van der Waals surface area contributed by atoms with Gasteiger partial charge >= 0.3 is 5.97 Å². The molecule has 0 aliphatic heterocycles. The molecule has 5 nitrogen and oxygen atoms in total. The summed E-state index contributed by atoms with van der Waals surface area (Å²) < 4.78 is 5.31. The highest BCUT2D eigenvalue weighted by Gasteiger charge is 2.16. The first kappa shape index (κ1) is 15.0. The van der Waals surface area contributed by atoms with Crippen LogP contribution in [0.2, 0.25) is 5.02 Å². The van der Waals surface area contributed by atoms with Crippen molar-refractivity contribution in [1.82, 2.24) is 0 Å². The largest absolute Gasteiger partial charge is 0.454 e. The van der Waals surface area contributed by atoms with Crippen LogP contribution in [0.4, 0.5) is 5.69 Å². The van der Waals surface area contributed by atoms with Crippen molar-refractivity contribution < 1.29 is 14.5 Å². The molecule has 0 aliphatic carbocycles. The molecule has 0 saturated carbocycles. The maximum absolute atomic E-state index is 12.0. The van der Waals surface area contributed by atoms with Gasteiger partial charge in [-0.3, -0.25) is 10.1 Å². The summed E-state index contributed by atoms with van der Waals surface area (Å²) in [4.78, 5) is 22.0. The molecule has 0 bridgehead atoms. The Morgan fingerprint density at radius 2 is 1.81 bits per heavy atom. The lowest BCUT2D eigenvalue weighted by atomic mass is 10.1. The van der Waals surface area contributed by atoms with Gasteiger partial charge in [0.25, 0.3) is 5.69 Å². The van der Waals surface area contributed by atoms with Crippen molar-refractivity contribution >= 4 is 23.3 Å². The Balaban J connectivity index is 2.11.